The Bertz CT molecular complexity index is 1070. The number of alkyl halides is 3. The van der Waals surface area contributed by atoms with E-state index in [1.165, 1.54) is 24.3 Å². The highest BCUT2D eigenvalue weighted by Gasteiger charge is 2.50. The fraction of sp³-hybridized carbons (Fsp3) is 0.286. The quantitative estimate of drug-likeness (QED) is 0.447. The van der Waals surface area contributed by atoms with Gasteiger partial charge in [0.25, 0.3) is 5.91 Å². The SMILES string of the molecule is O=C(CC1(c2cccc(C(F)(F)F)c2F)CC1)C(=O)Nc1ccc2c(c1)COC2=O. The van der Waals surface area contributed by atoms with Crippen LogP contribution < -0.4 is 5.32 Å². The van der Waals surface area contributed by atoms with Crippen LogP contribution in [0.5, 0.6) is 0 Å². The Labute approximate surface area is 168 Å². The number of amides is 1. The Balaban J connectivity index is 1.49. The fourth-order valence-electron chi connectivity index (χ4n) is 3.65. The third-order valence-electron chi connectivity index (χ3n) is 5.42. The highest BCUT2D eigenvalue weighted by atomic mass is 19.4. The molecule has 5 nitrogen and oxygen atoms in total. The lowest BCUT2D eigenvalue weighted by atomic mass is 9.88. The van der Waals surface area contributed by atoms with Crippen molar-refractivity contribution in [1.82, 2.24) is 0 Å². The van der Waals surface area contributed by atoms with Crippen LogP contribution >= 0.6 is 0 Å². The summed E-state index contributed by atoms with van der Waals surface area (Å²) in [7, 11) is 0. The topological polar surface area (TPSA) is 72.5 Å². The zero-order valence-corrected chi connectivity index (χ0v) is 15.4. The first-order valence-corrected chi connectivity index (χ1v) is 9.11. The van der Waals surface area contributed by atoms with Crippen LogP contribution in [0.15, 0.2) is 36.4 Å². The molecule has 30 heavy (non-hydrogen) atoms. The number of carbonyl (C=O) groups is 3. The van der Waals surface area contributed by atoms with Gasteiger partial charge in [0.05, 0.1) is 11.1 Å². The molecule has 0 saturated heterocycles. The molecular formula is C21H15F4NO4. The van der Waals surface area contributed by atoms with Crippen LogP contribution in [0.25, 0.3) is 0 Å². The molecule has 0 aromatic heterocycles. The second-order valence-electron chi connectivity index (χ2n) is 7.45. The molecule has 1 aliphatic heterocycles. The first kappa shape index (κ1) is 20.1. The standard InChI is InChI=1S/C21H15F4NO4/c22-17-14(2-1-3-15(17)21(23,24)25)20(6-7-20)9-16(27)18(28)26-12-4-5-13-11(8-12)10-30-19(13)29/h1-5,8H,6-7,9-10H2,(H,26,28). The number of hydrogen-bond donors (Lipinski definition) is 1. The van der Waals surface area contributed by atoms with Gasteiger partial charge in [0.1, 0.15) is 12.4 Å². The minimum Gasteiger partial charge on any atom is -0.457 e. The predicted octanol–water partition coefficient (Wildman–Crippen LogP) is 4.14. The zero-order chi connectivity index (χ0) is 21.7. The molecule has 1 aliphatic carbocycles. The first-order chi connectivity index (χ1) is 14.1. The number of benzene rings is 2. The number of hydrogen-bond acceptors (Lipinski definition) is 4. The van der Waals surface area contributed by atoms with E-state index in [1.807, 2.05) is 0 Å². The molecule has 2 aromatic carbocycles. The maximum absolute atomic E-state index is 14.5. The summed E-state index contributed by atoms with van der Waals surface area (Å²) in [4.78, 5) is 36.2. The van der Waals surface area contributed by atoms with Crippen LogP contribution in [0, 0.1) is 5.82 Å². The van der Waals surface area contributed by atoms with Crippen LogP contribution in [0.4, 0.5) is 23.2 Å². The average molecular weight is 421 g/mol. The van der Waals surface area contributed by atoms with Gasteiger partial charge in [0.2, 0.25) is 5.78 Å². The molecule has 1 N–H and O–H groups in total. The van der Waals surface area contributed by atoms with Gasteiger partial charge >= 0.3 is 12.1 Å². The minimum atomic E-state index is -4.85. The van der Waals surface area contributed by atoms with Gasteiger partial charge in [-0.2, -0.15) is 13.2 Å². The van der Waals surface area contributed by atoms with Crippen molar-refractivity contribution in [3.05, 3.63) is 64.5 Å². The molecule has 0 bridgehead atoms. The van der Waals surface area contributed by atoms with Gasteiger partial charge in [-0.05, 0) is 42.7 Å². The molecule has 4 rings (SSSR count). The van der Waals surface area contributed by atoms with Crippen molar-refractivity contribution in [1.29, 1.82) is 0 Å². The second kappa shape index (κ2) is 6.93. The lowest BCUT2D eigenvalue weighted by Crippen LogP contribution is -2.27. The monoisotopic (exact) mass is 421 g/mol. The molecule has 0 atom stereocenters. The van der Waals surface area contributed by atoms with Crippen LogP contribution in [0.1, 0.15) is 46.3 Å². The van der Waals surface area contributed by atoms with Gasteiger partial charge < -0.3 is 10.1 Å². The molecular weight excluding hydrogens is 406 g/mol. The molecule has 0 spiro atoms. The molecule has 2 aliphatic rings. The van der Waals surface area contributed by atoms with Gasteiger partial charge in [-0.25, -0.2) is 9.18 Å². The van der Waals surface area contributed by atoms with Crippen LogP contribution in [-0.4, -0.2) is 17.7 Å². The minimum absolute atomic E-state index is 0.0593. The molecule has 0 radical (unpaired) electrons. The van der Waals surface area contributed by atoms with Crippen LogP contribution in [0.3, 0.4) is 0 Å². The van der Waals surface area contributed by atoms with Crippen LogP contribution in [-0.2, 0) is 32.5 Å². The summed E-state index contributed by atoms with van der Waals surface area (Å²) in [5.41, 5.74) is -1.49. The number of Topliss-reactive ketones (excluding diaryl/α,β-unsaturated/α-hetero) is 1. The second-order valence-corrected chi connectivity index (χ2v) is 7.45. The molecule has 1 amide bonds. The normalized spacial score (nSPS) is 16.6. The molecule has 1 heterocycles. The number of rotatable bonds is 5. The highest BCUT2D eigenvalue weighted by molar-refractivity contribution is 6.40. The van der Waals surface area contributed by atoms with Crippen molar-refractivity contribution in [3.63, 3.8) is 0 Å². The number of carbonyl (C=O) groups excluding carboxylic acids is 3. The molecule has 1 fully saturated rings. The third-order valence-corrected chi connectivity index (χ3v) is 5.42. The van der Waals surface area contributed by atoms with Crippen molar-refractivity contribution in [2.24, 2.45) is 0 Å². The first-order valence-electron chi connectivity index (χ1n) is 9.11. The zero-order valence-electron chi connectivity index (χ0n) is 15.4. The van der Waals surface area contributed by atoms with E-state index in [1.54, 1.807) is 0 Å². The average Bonchev–Trinajstić information content (AvgIpc) is 3.36. The van der Waals surface area contributed by atoms with E-state index in [4.69, 9.17) is 4.74 Å². The number of ether oxygens (including phenoxy) is 1. The Morgan fingerprint density at radius 3 is 2.53 bits per heavy atom. The van der Waals surface area contributed by atoms with E-state index < -0.39 is 47.1 Å². The van der Waals surface area contributed by atoms with Gasteiger partial charge in [-0.1, -0.05) is 12.1 Å². The van der Waals surface area contributed by atoms with E-state index in [2.05, 4.69) is 5.32 Å². The van der Waals surface area contributed by atoms with E-state index in [9.17, 15) is 31.9 Å². The lowest BCUT2D eigenvalue weighted by Gasteiger charge is -2.18. The third kappa shape index (κ3) is 3.55. The highest BCUT2D eigenvalue weighted by Crippen LogP contribution is 2.53. The van der Waals surface area contributed by atoms with Gasteiger partial charge in [-0.3, -0.25) is 9.59 Å². The van der Waals surface area contributed by atoms with Gasteiger partial charge in [0, 0.05) is 23.1 Å². The summed E-state index contributed by atoms with van der Waals surface area (Å²) in [5.74, 6) is -3.70. The summed E-state index contributed by atoms with van der Waals surface area (Å²) in [5, 5.41) is 2.41. The molecule has 156 valence electrons. The molecule has 1 saturated carbocycles. The van der Waals surface area contributed by atoms with Crippen molar-refractivity contribution in [2.75, 3.05) is 5.32 Å². The van der Waals surface area contributed by atoms with Gasteiger partial charge in [-0.15, -0.1) is 0 Å². The molecule has 9 heteroatoms. The molecule has 2 aromatic rings. The summed E-state index contributed by atoms with van der Waals surface area (Å²) in [6.07, 6.45) is -4.63. The van der Waals surface area contributed by atoms with Crippen LogP contribution in [0.2, 0.25) is 0 Å². The van der Waals surface area contributed by atoms with Crippen molar-refractivity contribution in [2.45, 2.75) is 37.5 Å². The van der Waals surface area contributed by atoms with E-state index >= 15 is 0 Å². The summed E-state index contributed by atoms with van der Waals surface area (Å²) >= 11 is 0. The number of anilines is 1. The number of cyclic esters (lactones) is 1. The largest absolute Gasteiger partial charge is 0.457 e. The maximum Gasteiger partial charge on any atom is 0.419 e. The summed E-state index contributed by atoms with van der Waals surface area (Å²) in [6.45, 7) is 0.0593. The number of halogens is 4. The summed E-state index contributed by atoms with van der Waals surface area (Å²) < 4.78 is 58.3. The number of esters is 1. The smallest absolute Gasteiger partial charge is 0.419 e. The predicted molar refractivity (Wildman–Crippen MR) is 96.1 cm³/mol. The fourth-order valence-corrected chi connectivity index (χ4v) is 3.65. The summed E-state index contributed by atoms with van der Waals surface area (Å²) in [6, 6.07) is 7.37. The van der Waals surface area contributed by atoms with E-state index in [0.717, 1.165) is 6.07 Å². The van der Waals surface area contributed by atoms with Crippen molar-refractivity contribution in [3.8, 4) is 0 Å². The Morgan fingerprint density at radius 1 is 1.13 bits per heavy atom. The number of ketones is 1. The number of fused-ring (bicyclic) bond motifs is 1. The lowest BCUT2D eigenvalue weighted by molar-refractivity contribution is -0.140. The molecule has 0 unspecified atom stereocenters. The van der Waals surface area contributed by atoms with Gasteiger partial charge in [0.15, 0.2) is 0 Å². The Hall–Kier alpha value is -3.23. The van der Waals surface area contributed by atoms with Crippen molar-refractivity contribution < 1.29 is 36.7 Å². The number of nitrogens with one attached hydrogen (secondary N) is 1. The maximum atomic E-state index is 14.5. The van der Waals surface area contributed by atoms with E-state index in [0.29, 0.717) is 30.0 Å². The Kier molecular flexibility index (Phi) is 4.63. The van der Waals surface area contributed by atoms with Crippen molar-refractivity contribution >= 4 is 23.3 Å². The van der Waals surface area contributed by atoms with E-state index in [-0.39, 0.29) is 17.9 Å². The Morgan fingerprint density at radius 2 is 1.87 bits per heavy atom.